The summed E-state index contributed by atoms with van der Waals surface area (Å²) >= 11 is 0. The minimum Gasteiger partial charge on any atom is -0.310 e. The van der Waals surface area contributed by atoms with Crippen LogP contribution in [-0.2, 0) is 6.42 Å². The molecule has 0 aliphatic carbocycles. The first-order valence-electron chi connectivity index (χ1n) is 6.71. The molecule has 4 heteroatoms. The highest BCUT2D eigenvalue weighted by Gasteiger charge is 2.14. The molecule has 0 N–H and O–H groups in total. The molecule has 0 radical (unpaired) electrons. The van der Waals surface area contributed by atoms with Gasteiger partial charge in [0.15, 0.2) is 5.65 Å². The molecule has 0 atom stereocenters. The molecule has 3 rings (SSSR count). The molecule has 20 heavy (non-hydrogen) atoms. The Morgan fingerprint density at radius 1 is 1.15 bits per heavy atom. The minimum absolute atomic E-state index is 0.215. The van der Waals surface area contributed by atoms with E-state index in [0.717, 1.165) is 22.6 Å². The Labute approximate surface area is 117 Å². The average molecular weight is 269 g/mol. The molecule has 1 aromatic carbocycles. The maximum absolute atomic E-state index is 13.0. The largest absolute Gasteiger partial charge is 0.310 e. The van der Waals surface area contributed by atoms with Gasteiger partial charge in [-0.25, -0.2) is 14.4 Å². The predicted molar refractivity (Wildman–Crippen MR) is 77.1 cm³/mol. The van der Waals surface area contributed by atoms with E-state index in [-0.39, 0.29) is 11.9 Å². The second kappa shape index (κ2) is 5.04. The Bertz CT molecular complexity index is 729. The van der Waals surface area contributed by atoms with Gasteiger partial charge in [-0.1, -0.05) is 12.1 Å². The molecule has 0 spiro atoms. The number of nitrogens with zero attached hydrogens (tertiary/aromatic N) is 3. The highest BCUT2D eigenvalue weighted by Crippen LogP contribution is 2.21. The summed E-state index contributed by atoms with van der Waals surface area (Å²) in [5, 5.41) is 0. The summed E-state index contributed by atoms with van der Waals surface area (Å²) in [4.78, 5) is 9.08. The quantitative estimate of drug-likeness (QED) is 0.725. The van der Waals surface area contributed by atoms with Crippen LogP contribution in [0, 0.1) is 5.82 Å². The van der Waals surface area contributed by atoms with Crippen LogP contribution in [0.1, 0.15) is 31.3 Å². The molecule has 102 valence electrons. The van der Waals surface area contributed by atoms with Crippen molar-refractivity contribution in [3.63, 3.8) is 0 Å². The van der Waals surface area contributed by atoms with Gasteiger partial charge in [0.1, 0.15) is 17.2 Å². The van der Waals surface area contributed by atoms with Crippen molar-refractivity contribution in [1.82, 2.24) is 14.5 Å². The van der Waals surface area contributed by atoms with E-state index in [4.69, 9.17) is 0 Å². The second-order valence-corrected chi connectivity index (χ2v) is 5.14. The number of pyridine rings is 1. The van der Waals surface area contributed by atoms with Gasteiger partial charge in [-0.2, -0.15) is 0 Å². The van der Waals surface area contributed by atoms with Crippen molar-refractivity contribution < 1.29 is 4.39 Å². The normalized spacial score (nSPS) is 11.4. The van der Waals surface area contributed by atoms with E-state index in [0.29, 0.717) is 6.42 Å². The highest BCUT2D eigenvalue weighted by atomic mass is 19.1. The lowest BCUT2D eigenvalue weighted by Gasteiger charge is -2.12. The third kappa shape index (κ3) is 2.29. The van der Waals surface area contributed by atoms with Crippen LogP contribution in [0.15, 0.2) is 42.6 Å². The molecule has 2 heterocycles. The van der Waals surface area contributed by atoms with Crippen LogP contribution in [0.2, 0.25) is 0 Å². The summed E-state index contributed by atoms with van der Waals surface area (Å²) < 4.78 is 15.1. The number of halogens is 1. The van der Waals surface area contributed by atoms with E-state index in [9.17, 15) is 4.39 Å². The van der Waals surface area contributed by atoms with Crippen molar-refractivity contribution in [2.75, 3.05) is 0 Å². The van der Waals surface area contributed by atoms with Gasteiger partial charge < -0.3 is 4.57 Å². The van der Waals surface area contributed by atoms with E-state index in [1.54, 1.807) is 18.3 Å². The maximum atomic E-state index is 13.0. The van der Waals surface area contributed by atoms with Crippen LogP contribution >= 0.6 is 0 Å². The fourth-order valence-corrected chi connectivity index (χ4v) is 2.43. The van der Waals surface area contributed by atoms with Crippen molar-refractivity contribution in [1.29, 1.82) is 0 Å². The zero-order valence-corrected chi connectivity index (χ0v) is 11.5. The summed E-state index contributed by atoms with van der Waals surface area (Å²) in [6.07, 6.45) is 2.46. The van der Waals surface area contributed by atoms with Crippen LogP contribution in [0.3, 0.4) is 0 Å². The zero-order chi connectivity index (χ0) is 14.1. The Kier molecular flexibility index (Phi) is 3.22. The summed E-state index contributed by atoms with van der Waals surface area (Å²) in [6.45, 7) is 4.23. The molecule has 3 nitrogen and oxygen atoms in total. The van der Waals surface area contributed by atoms with Crippen molar-refractivity contribution in [3.8, 4) is 0 Å². The first kappa shape index (κ1) is 12.8. The van der Waals surface area contributed by atoms with Gasteiger partial charge in [-0.15, -0.1) is 0 Å². The van der Waals surface area contributed by atoms with Crippen LogP contribution < -0.4 is 0 Å². The summed E-state index contributed by atoms with van der Waals surface area (Å²) in [5.41, 5.74) is 2.85. The lowest BCUT2D eigenvalue weighted by molar-refractivity contribution is 0.586. The molecule has 2 aromatic heterocycles. The molecule has 3 aromatic rings. The average Bonchev–Trinajstić information content (AvgIpc) is 2.79. The number of aromatic nitrogens is 3. The second-order valence-electron chi connectivity index (χ2n) is 5.14. The minimum atomic E-state index is -0.215. The molecular formula is C16H16FN3. The SMILES string of the molecule is CC(C)n1c(Cc2ccc(F)cc2)nc2cccnc21. The molecular weight excluding hydrogens is 253 g/mol. The number of hydrogen-bond acceptors (Lipinski definition) is 2. The first-order chi connectivity index (χ1) is 9.65. The van der Waals surface area contributed by atoms with Crippen LogP contribution in [0.25, 0.3) is 11.2 Å². The van der Waals surface area contributed by atoms with Crippen LogP contribution in [0.4, 0.5) is 4.39 Å². The topological polar surface area (TPSA) is 30.7 Å². The van der Waals surface area contributed by atoms with Gasteiger partial charge in [-0.3, -0.25) is 0 Å². The standard InChI is InChI=1S/C16H16FN3/c1-11(2)20-15(10-12-5-7-13(17)8-6-12)19-14-4-3-9-18-16(14)20/h3-9,11H,10H2,1-2H3. The first-order valence-corrected chi connectivity index (χ1v) is 6.71. The summed E-state index contributed by atoms with van der Waals surface area (Å²) in [5.74, 6) is 0.744. The molecule has 0 amide bonds. The highest BCUT2D eigenvalue weighted by molar-refractivity contribution is 5.71. The lowest BCUT2D eigenvalue weighted by atomic mass is 10.1. The zero-order valence-electron chi connectivity index (χ0n) is 11.5. The number of rotatable bonds is 3. The molecule has 0 unspecified atom stereocenters. The van der Waals surface area contributed by atoms with E-state index in [1.807, 2.05) is 12.1 Å². The van der Waals surface area contributed by atoms with Gasteiger partial charge in [-0.05, 0) is 43.7 Å². The van der Waals surface area contributed by atoms with Crippen LogP contribution in [-0.4, -0.2) is 14.5 Å². The molecule has 0 fully saturated rings. The third-order valence-corrected chi connectivity index (χ3v) is 3.31. The summed E-state index contributed by atoms with van der Waals surface area (Å²) in [7, 11) is 0. The fraction of sp³-hybridized carbons (Fsp3) is 0.250. The number of hydrogen-bond donors (Lipinski definition) is 0. The Morgan fingerprint density at radius 2 is 1.90 bits per heavy atom. The fourth-order valence-electron chi connectivity index (χ4n) is 2.43. The van der Waals surface area contributed by atoms with Crippen molar-refractivity contribution in [3.05, 3.63) is 59.8 Å². The van der Waals surface area contributed by atoms with Crippen molar-refractivity contribution in [2.45, 2.75) is 26.3 Å². The van der Waals surface area contributed by atoms with E-state index < -0.39 is 0 Å². The van der Waals surface area contributed by atoms with Gasteiger partial charge in [0.05, 0.1) is 0 Å². The monoisotopic (exact) mass is 269 g/mol. The molecule has 0 bridgehead atoms. The number of fused-ring (bicyclic) bond motifs is 1. The molecule has 0 saturated carbocycles. The Hall–Kier alpha value is -2.23. The summed E-state index contributed by atoms with van der Waals surface area (Å²) in [6, 6.07) is 10.7. The Balaban J connectivity index is 2.06. The van der Waals surface area contributed by atoms with Gasteiger partial charge >= 0.3 is 0 Å². The number of imidazole rings is 1. The van der Waals surface area contributed by atoms with Gasteiger partial charge in [0.25, 0.3) is 0 Å². The van der Waals surface area contributed by atoms with Crippen molar-refractivity contribution >= 4 is 11.2 Å². The Morgan fingerprint density at radius 3 is 2.60 bits per heavy atom. The predicted octanol–water partition coefficient (Wildman–Crippen LogP) is 3.74. The third-order valence-electron chi connectivity index (χ3n) is 3.31. The van der Waals surface area contributed by atoms with E-state index >= 15 is 0 Å². The lowest BCUT2D eigenvalue weighted by Crippen LogP contribution is -2.07. The molecule has 0 aliphatic heterocycles. The van der Waals surface area contributed by atoms with Crippen molar-refractivity contribution in [2.24, 2.45) is 0 Å². The number of benzene rings is 1. The molecule has 0 aliphatic rings. The van der Waals surface area contributed by atoms with E-state index in [2.05, 4.69) is 28.4 Å². The van der Waals surface area contributed by atoms with Gasteiger partial charge in [0.2, 0.25) is 0 Å². The van der Waals surface area contributed by atoms with E-state index in [1.165, 1.54) is 12.1 Å². The van der Waals surface area contributed by atoms with Gasteiger partial charge in [0, 0.05) is 18.7 Å². The molecule has 0 saturated heterocycles. The smallest absolute Gasteiger partial charge is 0.160 e. The maximum Gasteiger partial charge on any atom is 0.160 e. The van der Waals surface area contributed by atoms with Crippen LogP contribution in [0.5, 0.6) is 0 Å².